The largest absolute Gasteiger partial charge is 0.468 e. The van der Waals surface area contributed by atoms with Crippen LogP contribution in [0.1, 0.15) is 18.0 Å². The van der Waals surface area contributed by atoms with E-state index in [9.17, 15) is 31.9 Å². The minimum absolute atomic E-state index is 0.0312. The number of methoxy groups -OCH3 is 2. The first-order valence-corrected chi connectivity index (χ1v) is 8.18. The molecule has 0 aliphatic carbocycles. The summed E-state index contributed by atoms with van der Waals surface area (Å²) in [7, 11) is 1.67. The van der Waals surface area contributed by atoms with Gasteiger partial charge >= 0.3 is 18.1 Å². The molecule has 2 saturated heterocycles. The summed E-state index contributed by atoms with van der Waals surface area (Å²) in [5.74, 6) is -4.56. The van der Waals surface area contributed by atoms with Gasteiger partial charge in [0.25, 0.3) is 0 Å². The molecule has 2 aliphatic rings. The van der Waals surface area contributed by atoms with E-state index in [0.717, 1.165) is 43.5 Å². The summed E-state index contributed by atoms with van der Waals surface area (Å²) in [6.45, 7) is -0.163. The number of hydrogen-bond donors (Lipinski definition) is 0. The monoisotopic (exact) mass is 404 g/mol. The van der Waals surface area contributed by atoms with E-state index in [2.05, 4.69) is 9.47 Å². The van der Waals surface area contributed by atoms with Crippen LogP contribution >= 0.6 is 0 Å². The van der Waals surface area contributed by atoms with Gasteiger partial charge in [-0.05, 0) is 17.7 Å². The number of hydrogen-bond acceptors (Lipinski definition) is 6. The van der Waals surface area contributed by atoms with Gasteiger partial charge in [0, 0.05) is 13.0 Å². The predicted octanol–water partition coefficient (Wildman–Crippen LogP) is 1.59. The Labute approximate surface area is 156 Å². The fourth-order valence-electron chi connectivity index (χ4n) is 4.04. The summed E-state index contributed by atoms with van der Waals surface area (Å²) >= 11 is 0. The molecule has 152 valence electrons. The molecule has 1 aromatic carbocycles. The van der Waals surface area contributed by atoms with Crippen molar-refractivity contribution in [3.05, 3.63) is 35.6 Å². The number of carbonyl (C=O) groups is 3. The van der Waals surface area contributed by atoms with Crippen LogP contribution in [0, 0.1) is 11.2 Å². The Balaban J connectivity index is 2.35. The highest BCUT2D eigenvalue weighted by Gasteiger charge is 2.78. The first kappa shape index (κ1) is 20.1. The van der Waals surface area contributed by atoms with E-state index in [-0.39, 0.29) is 18.5 Å². The third-order valence-corrected chi connectivity index (χ3v) is 5.03. The maximum absolute atomic E-state index is 14.1. The van der Waals surface area contributed by atoms with Crippen LogP contribution in [0.25, 0.3) is 0 Å². The number of fused-ring (bicyclic) bond motifs is 1. The van der Waals surface area contributed by atoms with Crippen LogP contribution in [0.15, 0.2) is 24.3 Å². The molecule has 1 amide bonds. The van der Waals surface area contributed by atoms with Crippen molar-refractivity contribution < 1.29 is 41.4 Å². The molecule has 0 saturated carbocycles. The van der Waals surface area contributed by atoms with Crippen LogP contribution in [0.5, 0.6) is 0 Å². The van der Waals surface area contributed by atoms with Crippen LogP contribution in [0.4, 0.5) is 17.6 Å². The quantitative estimate of drug-likeness (QED) is 0.433. The molecule has 0 spiro atoms. The van der Waals surface area contributed by atoms with Crippen LogP contribution < -0.4 is 0 Å². The first-order chi connectivity index (χ1) is 13.1. The zero-order valence-corrected chi connectivity index (χ0v) is 14.8. The Hall–Kier alpha value is -2.69. The van der Waals surface area contributed by atoms with Gasteiger partial charge in [-0.3, -0.25) is 19.4 Å². The highest BCUT2D eigenvalue weighted by Crippen LogP contribution is 2.57. The van der Waals surface area contributed by atoms with Crippen molar-refractivity contribution >= 4 is 17.8 Å². The summed E-state index contributed by atoms with van der Waals surface area (Å²) in [6.07, 6.45) is -5.39. The van der Waals surface area contributed by atoms with Crippen LogP contribution in [-0.2, 0) is 23.9 Å². The third-order valence-electron chi connectivity index (χ3n) is 5.03. The van der Waals surface area contributed by atoms with Gasteiger partial charge < -0.3 is 9.47 Å². The van der Waals surface area contributed by atoms with E-state index in [4.69, 9.17) is 0 Å². The molecule has 0 bridgehead atoms. The van der Waals surface area contributed by atoms with E-state index >= 15 is 0 Å². The highest BCUT2D eigenvalue weighted by atomic mass is 19.4. The van der Waals surface area contributed by atoms with Gasteiger partial charge in [0.05, 0.1) is 20.3 Å². The Morgan fingerprint density at radius 2 is 1.64 bits per heavy atom. The van der Waals surface area contributed by atoms with E-state index in [1.165, 1.54) is 0 Å². The fraction of sp³-hybridized carbons (Fsp3) is 0.471. The number of esters is 2. The van der Waals surface area contributed by atoms with Gasteiger partial charge in [-0.25, -0.2) is 9.40 Å². The SMILES string of the molecule is COC(=O)C1(C(=O)OC)[C@H](c2ccc(F)cc2)N2CCC(=O)N2[C@H]1C(F)(F)F. The summed E-state index contributed by atoms with van der Waals surface area (Å²) in [4.78, 5) is 37.7. The number of nitrogens with zero attached hydrogens (tertiary/aromatic N) is 2. The van der Waals surface area contributed by atoms with Crippen molar-refractivity contribution in [3.8, 4) is 0 Å². The molecule has 2 atom stereocenters. The molecule has 0 radical (unpaired) electrons. The maximum atomic E-state index is 14.1. The molecule has 11 heteroatoms. The number of amides is 1. The lowest BCUT2D eigenvalue weighted by molar-refractivity contribution is -0.220. The van der Waals surface area contributed by atoms with Gasteiger partial charge in [0.1, 0.15) is 5.82 Å². The zero-order chi connectivity index (χ0) is 20.9. The molecule has 2 fully saturated rings. The second-order valence-corrected chi connectivity index (χ2v) is 6.40. The second kappa shape index (κ2) is 6.73. The number of alkyl halides is 3. The summed E-state index contributed by atoms with van der Waals surface area (Å²) in [6, 6.07) is -0.132. The lowest BCUT2D eigenvalue weighted by Crippen LogP contribution is -2.59. The van der Waals surface area contributed by atoms with Gasteiger partial charge in [-0.1, -0.05) is 12.1 Å². The van der Waals surface area contributed by atoms with Crippen LogP contribution in [-0.4, -0.2) is 60.8 Å². The van der Waals surface area contributed by atoms with Crippen molar-refractivity contribution in [2.45, 2.75) is 24.7 Å². The Morgan fingerprint density at radius 3 is 2.11 bits per heavy atom. The molecular weight excluding hydrogens is 388 g/mol. The number of hydrazine groups is 1. The number of rotatable bonds is 3. The second-order valence-electron chi connectivity index (χ2n) is 6.40. The molecule has 1 aromatic rings. The van der Waals surface area contributed by atoms with Crippen molar-refractivity contribution in [1.82, 2.24) is 10.0 Å². The first-order valence-electron chi connectivity index (χ1n) is 8.18. The van der Waals surface area contributed by atoms with Crippen molar-refractivity contribution in [2.24, 2.45) is 5.41 Å². The molecule has 2 heterocycles. The molecule has 2 aliphatic heterocycles. The summed E-state index contributed by atoms with van der Waals surface area (Å²) in [5, 5.41) is 1.38. The number of carbonyl (C=O) groups excluding carboxylic acids is 3. The van der Waals surface area contributed by atoms with Crippen LogP contribution in [0.3, 0.4) is 0 Å². The molecule has 28 heavy (non-hydrogen) atoms. The maximum Gasteiger partial charge on any atom is 0.412 e. The smallest absolute Gasteiger partial charge is 0.412 e. The van der Waals surface area contributed by atoms with Crippen LogP contribution in [0.2, 0.25) is 0 Å². The molecule has 3 rings (SSSR count). The summed E-state index contributed by atoms with van der Waals surface area (Å²) < 4.78 is 64.9. The summed E-state index contributed by atoms with van der Waals surface area (Å²) in [5.41, 5.74) is -2.90. The highest BCUT2D eigenvalue weighted by molar-refractivity contribution is 6.03. The number of ether oxygens (including phenoxy) is 2. The van der Waals surface area contributed by atoms with Crippen molar-refractivity contribution in [3.63, 3.8) is 0 Å². The van der Waals surface area contributed by atoms with Gasteiger partial charge in [-0.15, -0.1) is 0 Å². The molecule has 0 aromatic heterocycles. The normalized spacial score (nSPS) is 24.2. The Kier molecular flexibility index (Phi) is 4.82. The minimum atomic E-state index is -5.16. The minimum Gasteiger partial charge on any atom is -0.468 e. The average Bonchev–Trinajstić information content (AvgIpc) is 3.16. The van der Waals surface area contributed by atoms with E-state index < -0.39 is 47.3 Å². The zero-order valence-electron chi connectivity index (χ0n) is 14.8. The van der Waals surface area contributed by atoms with E-state index in [1.54, 1.807) is 0 Å². The molecule has 7 nitrogen and oxygen atoms in total. The van der Waals surface area contributed by atoms with Crippen molar-refractivity contribution in [1.29, 1.82) is 0 Å². The molecular formula is C17H16F4N2O5. The standard InChI is InChI=1S/C17H16F4N2O5/c1-27-14(25)16(15(26)28-2)12(9-3-5-10(18)6-4-9)22-8-7-11(24)23(22)13(16)17(19,20)21/h3-6,12-13H,7-8H2,1-2H3/t12-,13+/m0/s1. The topological polar surface area (TPSA) is 76.2 Å². The van der Waals surface area contributed by atoms with Gasteiger partial charge in [-0.2, -0.15) is 13.2 Å². The van der Waals surface area contributed by atoms with Crippen molar-refractivity contribution in [2.75, 3.05) is 20.8 Å². The fourth-order valence-corrected chi connectivity index (χ4v) is 4.04. The number of benzene rings is 1. The van der Waals surface area contributed by atoms with E-state index in [0.29, 0.717) is 5.01 Å². The van der Waals surface area contributed by atoms with Gasteiger partial charge in [0.2, 0.25) is 11.3 Å². The Bertz CT molecular complexity index is 795. The number of halogens is 4. The Morgan fingerprint density at radius 1 is 1.11 bits per heavy atom. The molecule has 0 N–H and O–H groups in total. The lowest BCUT2D eigenvalue weighted by Gasteiger charge is -2.35. The predicted molar refractivity (Wildman–Crippen MR) is 83.6 cm³/mol. The van der Waals surface area contributed by atoms with Gasteiger partial charge in [0.15, 0.2) is 6.04 Å². The average molecular weight is 404 g/mol. The molecule has 0 unspecified atom stereocenters. The lowest BCUT2D eigenvalue weighted by atomic mass is 9.71. The third kappa shape index (κ3) is 2.64. The van der Waals surface area contributed by atoms with E-state index in [1.807, 2.05) is 0 Å².